The molecule has 6 nitrogen and oxygen atoms in total. The maximum Gasteiger partial charge on any atom is 3.00 e. The predicted molar refractivity (Wildman–Crippen MR) is 260 cm³/mol. The second kappa shape index (κ2) is 18.3. The number of pyridine rings is 4. The summed E-state index contributed by atoms with van der Waals surface area (Å²) in [6.45, 7) is 15.3. The Morgan fingerprint density at radius 3 is 1.14 bits per heavy atom. The van der Waals surface area contributed by atoms with Gasteiger partial charge in [0.25, 0.3) is 0 Å². The Morgan fingerprint density at radius 1 is 0.420 bits per heavy atom. The molecular weight excluding hydrogens is 1070 g/mol. The van der Waals surface area contributed by atoms with Crippen LogP contribution in [-0.2, 0) is 30.9 Å². The summed E-state index contributed by atoms with van der Waals surface area (Å²) < 4.78 is 91.0. The van der Waals surface area contributed by atoms with Crippen LogP contribution in [0.5, 0.6) is 0 Å². The van der Waals surface area contributed by atoms with Crippen LogP contribution in [0.1, 0.15) is 86.8 Å². The molecule has 4 aromatic carbocycles. The van der Waals surface area contributed by atoms with E-state index in [9.17, 15) is 26.3 Å². The van der Waals surface area contributed by atoms with E-state index < -0.39 is 36.0 Å². The third-order valence-electron chi connectivity index (χ3n) is 13.5. The molecule has 0 bridgehead atoms. The second-order valence-corrected chi connectivity index (χ2v) is 19.1. The van der Waals surface area contributed by atoms with Crippen LogP contribution in [0.3, 0.4) is 0 Å². The minimum Gasteiger partial charge on any atom is -0.454 e. The van der Waals surface area contributed by atoms with Crippen molar-refractivity contribution in [1.82, 2.24) is 19.9 Å². The molecule has 10 aromatic rings. The van der Waals surface area contributed by atoms with Gasteiger partial charge in [-0.2, -0.15) is 26.3 Å². The van der Waals surface area contributed by atoms with E-state index in [0.717, 1.165) is 99.3 Å². The molecule has 10 rings (SSSR count). The van der Waals surface area contributed by atoms with Crippen LogP contribution in [-0.4, -0.2) is 32.3 Å². The normalized spacial score (nSPS) is 12.6. The van der Waals surface area contributed by atoms with Gasteiger partial charge in [0, 0.05) is 34.4 Å². The van der Waals surface area contributed by atoms with Gasteiger partial charge in [-0.05, 0) is 133 Å². The SMILES string of the molecule is Cc1c(-c2nc3ccccc3cc2C(C)(C)CCC(F)(F)F)nc2c(oc3ccccc32)c1C.Cc1c(-c2nc3ccccc3cc2C(C)(C)CCC(F)(F)F)nc2c(oc3ccccc32)c1C.[Ir+3]. The Hall–Kier alpha value is -6.17. The molecule has 0 aliphatic rings. The number of aromatic nitrogens is 4. The third kappa shape index (κ3) is 9.60. The zero-order valence-corrected chi connectivity index (χ0v) is 41.8. The first kappa shape index (κ1) is 49.3. The van der Waals surface area contributed by atoms with Gasteiger partial charge in [-0.1, -0.05) is 88.4 Å². The van der Waals surface area contributed by atoms with Crippen LogP contribution in [0.2, 0.25) is 0 Å². The minimum absolute atomic E-state index is 0. The van der Waals surface area contributed by atoms with Crippen molar-refractivity contribution in [3.8, 4) is 22.8 Å². The van der Waals surface area contributed by atoms with Crippen molar-refractivity contribution >= 4 is 65.9 Å². The Labute approximate surface area is 408 Å². The molecule has 6 heterocycles. The number of rotatable bonds is 8. The number of fused-ring (bicyclic) bond motifs is 8. The molecular formula is C56H50F6IrN4O2+3. The average molecular weight is 1120 g/mol. The quantitative estimate of drug-likeness (QED) is 0.141. The molecule has 13 heteroatoms. The van der Waals surface area contributed by atoms with Crippen LogP contribution < -0.4 is 0 Å². The van der Waals surface area contributed by atoms with Gasteiger partial charge in [-0.3, -0.25) is 0 Å². The molecule has 69 heavy (non-hydrogen) atoms. The third-order valence-corrected chi connectivity index (χ3v) is 13.5. The van der Waals surface area contributed by atoms with Crippen molar-refractivity contribution < 1.29 is 55.3 Å². The van der Waals surface area contributed by atoms with Gasteiger partial charge in [0.1, 0.15) is 22.2 Å². The molecule has 0 unspecified atom stereocenters. The van der Waals surface area contributed by atoms with Gasteiger partial charge < -0.3 is 8.83 Å². The Balaban J connectivity index is 0.000000183. The number of halogens is 6. The summed E-state index contributed by atoms with van der Waals surface area (Å²) >= 11 is 0. The number of para-hydroxylation sites is 4. The van der Waals surface area contributed by atoms with Crippen LogP contribution >= 0.6 is 0 Å². The van der Waals surface area contributed by atoms with Crippen LogP contribution in [0.15, 0.2) is 118 Å². The van der Waals surface area contributed by atoms with E-state index in [-0.39, 0.29) is 32.9 Å². The summed E-state index contributed by atoms with van der Waals surface area (Å²) in [5.74, 6) is 0. The molecule has 0 saturated carbocycles. The monoisotopic (exact) mass is 1120 g/mol. The average Bonchev–Trinajstić information content (AvgIpc) is 3.88. The van der Waals surface area contributed by atoms with E-state index in [1.165, 1.54) is 0 Å². The molecule has 0 fully saturated rings. The number of nitrogens with zero attached hydrogens (tertiary/aromatic N) is 4. The van der Waals surface area contributed by atoms with Crippen molar-refractivity contribution in [3.05, 3.63) is 143 Å². The molecule has 0 atom stereocenters. The fourth-order valence-corrected chi connectivity index (χ4v) is 9.14. The van der Waals surface area contributed by atoms with E-state index in [0.29, 0.717) is 22.8 Å². The molecule has 354 valence electrons. The first-order valence-corrected chi connectivity index (χ1v) is 22.6. The van der Waals surface area contributed by atoms with Gasteiger partial charge in [0.2, 0.25) is 0 Å². The minimum atomic E-state index is -4.22. The van der Waals surface area contributed by atoms with Crippen LogP contribution in [0, 0.1) is 27.7 Å². The maximum absolute atomic E-state index is 13.1. The van der Waals surface area contributed by atoms with Gasteiger partial charge in [0.05, 0.1) is 33.8 Å². The topological polar surface area (TPSA) is 77.8 Å². The van der Waals surface area contributed by atoms with Crippen molar-refractivity contribution in [2.24, 2.45) is 0 Å². The molecule has 0 aliphatic carbocycles. The van der Waals surface area contributed by atoms with E-state index in [1.807, 2.05) is 165 Å². The summed E-state index contributed by atoms with van der Waals surface area (Å²) in [4.78, 5) is 19.9. The zero-order chi connectivity index (χ0) is 48.5. The first-order chi connectivity index (χ1) is 32.1. The number of hydrogen-bond donors (Lipinski definition) is 0. The van der Waals surface area contributed by atoms with E-state index in [2.05, 4.69) is 0 Å². The van der Waals surface area contributed by atoms with Gasteiger partial charge in [-0.15, -0.1) is 0 Å². The number of hydrogen-bond acceptors (Lipinski definition) is 6. The largest absolute Gasteiger partial charge is 3.00 e. The molecule has 0 amide bonds. The van der Waals surface area contributed by atoms with Gasteiger partial charge in [-0.25, -0.2) is 19.9 Å². The Bertz CT molecular complexity index is 3340. The fourth-order valence-electron chi connectivity index (χ4n) is 9.14. The number of alkyl halides is 6. The van der Waals surface area contributed by atoms with Crippen molar-refractivity contribution in [1.29, 1.82) is 0 Å². The molecule has 0 saturated heterocycles. The maximum atomic E-state index is 13.1. The van der Waals surface area contributed by atoms with E-state index >= 15 is 0 Å². The van der Waals surface area contributed by atoms with Gasteiger partial charge in [0.15, 0.2) is 11.2 Å². The van der Waals surface area contributed by atoms with Crippen molar-refractivity contribution in [2.45, 2.75) is 104 Å². The summed E-state index contributed by atoms with van der Waals surface area (Å²) in [7, 11) is 0. The molecule has 0 N–H and O–H groups in total. The predicted octanol–water partition coefficient (Wildman–Crippen LogP) is 16.9. The van der Waals surface area contributed by atoms with Gasteiger partial charge >= 0.3 is 32.5 Å². The number of benzene rings is 4. The Kier molecular flexibility index (Phi) is 13.1. The number of furan rings is 2. The second-order valence-electron chi connectivity index (χ2n) is 19.1. The van der Waals surface area contributed by atoms with E-state index in [1.54, 1.807) is 0 Å². The number of aryl methyl sites for hydroxylation is 2. The van der Waals surface area contributed by atoms with Crippen molar-refractivity contribution in [3.63, 3.8) is 0 Å². The molecule has 0 spiro atoms. The standard InChI is InChI=1S/2C28H25F3N2O.Ir/c2*1-16-17(2)26-24(19-10-6-8-12-22(19)34-26)33-23(16)25-20(27(3,4)13-14-28(29,30)31)15-18-9-5-7-11-21(18)32-25;/h2*5-12,15H,13-14H2,1-4H3;/q;;+3. The summed E-state index contributed by atoms with van der Waals surface area (Å²) in [6, 6.07) is 34.8. The molecule has 6 aromatic heterocycles. The summed E-state index contributed by atoms with van der Waals surface area (Å²) in [5, 5.41) is 3.59. The zero-order valence-electron chi connectivity index (χ0n) is 39.4. The molecule has 0 aliphatic heterocycles. The van der Waals surface area contributed by atoms with E-state index in [4.69, 9.17) is 28.8 Å². The fraction of sp³-hybridized carbons (Fsp3) is 0.286. The Morgan fingerprint density at radius 2 is 0.768 bits per heavy atom. The van der Waals surface area contributed by atoms with Crippen molar-refractivity contribution in [2.75, 3.05) is 0 Å². The van der Waals surface area contributed by atoms with Crippen LogP contribution in [0.4, 0.5) is 26.3 Å². The smallest absolute Gasteiger partial charge is 0.454 e. The first-order valence-electron chi connectivity index (χ1n) is 22.6. The van der Waals surface area contributed by atoms with Crippen LogP contribution in [0.25, 0.3) is 88.7 Å². The summed E-state index contributed by atoms with van der Waals surface area (Å²) in [5.41, 5.74) is 12.3. The summed E-state index contributed by atoms with van der Waals surface area (Å²) in [6.07, 6.45) is -10.2. The molecule has 0 radical (unpaired) electrons.